The molecule has 4 aromatic carbocycles. The Morgan fingerprint density at radius 1 is 0.548 bits per heavy atom. The molecule has 0 aliphatic heterocycles. The van der Waals surface area contributed by atoms with Gasteiger partial charge in [-0.05, 0) is 57.4 Å². The topological polar surface area (TPSA) is 0 Å². The SMILES string of the molecule is C1=CC(C2(c3ccccc3)c3ccccc3-c3cccc(-c4ccccc4)c32)=CCC1. The van der Waals surface area contributed by atoms with Crippen molar-refractivity contribution < 1.29 is 0 Å². The third-order valence-electron chi connectivity index (χ3n) is 6.78. The quantitative estimate of drug-likeness (QED) is 0.330. The van der Waals surface area contributed by atoms with E-state index in [1.807, 2.05) is 0 Å². The monoisotopic (exact) mass is 396 g/mol. The second-order valence-electron chi connectivity index (χ2n) is 8.39. The normalized spacial score (nSPS) is 18.9. The summed E-state index contributed by atoms with van der Waals surface area (Å²) in [5.41, 5.74) is 10.5. The number of rotatable bonds is 3. The fraction of sp³-hybridized carbons (Fsp3) is 0.0968. The van der Waals surface area contributed by atoms with E-state index in [2.05, 4.69) is 121 Å². The lowest BCUT2D eigenvalue weighted by molar-refractivity contribution is 0.753. The molecule has 0 heterocycles. The van der Waals surface area contributed by atoms with Crippen LogP contribution in [0.3, 0.4) is 0 Å². The van der Waals surface area contributed by atoms with E-state index in [1.165, 1.54) is 44.5 Å². The molecule has 0 amide bonds. The van der Waals surface area contributed by atoms with Crippen molar-refractivity contribution in [2.75, 3.05) is 0 Å². The Kier molecular flexibility index (Phi) is 4.25. The average Bonchev–Trinajstić information content (AvgIpc) is 3.17. The number of allylic oxidation sites excluding steroid dienone is 4. The van der Waals surface area contributed by atoms with Gasteiger partial charge in [-0.2, -0.15) is 0 Å². The maximum Gasteiger partial charge on any atom is 0.0716 e. The molecule has 0 spiro atoms. The predicted octanol–water partition coefficient (Wildman–Crippen LogP) is 7.94. The minimum atomic E-state index is -0.309. The molecular weight excluding hydrogens is 372 g/mol. The van der Waals surface area contributed by atoms with Crippen LogP contribution in [0.25, 0.3) is 22.3 Å². The summed E-state index contributed by atoms with van der Waals surface area (Å²) in [4.78, 5) is 0. The summed E-state index contributed by atoms with van der Waals surface area (Å²) in [6.07, 6.45) is 9.37. The zero-order chi connectivity index (χ0) is 20.7. The van der Waals surface area contributed by atoms with E-state index in [9.17, 15) is 0 Å². The van der Waals surface area contributed by atoms with Gasteiger partial charge in [-0.15, -0.1) is 0 Å². The Bertz CT molecular complexity index is 1310. The lowest BCUT2D eigenvalue weighted by atomic mass is 9.64. The third-order valence-corrected chi connectivity index (χ3v) is 6.78. The van der Waals surface area contributed by atoms with Gasteiger partial charge in [-0.1, -0.05) is 121 Å². The van der Waals surface area contributed by atoms with Crippen molar-refractivity contribution in [2.24, 2.45) is 0 Å². The number of hydrogen-bond acceptors (Lipinski definition) is 0. The van der Waals surface area contributed by atoms with Crippen molar-refractivity contribution in [1.82, 2.24) is 0 Å². The van der Waals surface area contributed by atoms with E-state index in [4.69, 9.17) is 0 Å². The molecule has 0 aromatic heterocycles. The van der Waals surface area contributed by atoms with Crippen molar-refractivity contribution in [3.63, 3.8) is 0 Å². The van der Waals surface area contributed by atoms with Crippen LogP contribution in [-0.2, 0) is 5.41 Å². The van der Waals surface area contributed by atoms with Crippen LogP contribution in [0.5, 0.6) is 0 Å². The van der Waals surface area contributed by atoms with E-state index in [-0.39, 0.29) is 5.41 Å². The van der Waals surface area contributed by atoms with E-state index in [0.29, 0.717) is 0 Å². The Balaban J connectivity index is 1.80. The molecular formula is C31H24. The average molecular weight is 397 g/mol. The molecule has 0 saturated carbocycles. The molecule has 1 atom stereocenters. The molecule has 31 heavy (non-hydrogen) atoms. The number of fused-ring (bicyclic) bond motifs is 3. The van der Waals surface area contributed by atoms with Gasteiger partial charge in [0.2, 0.25) is 0 Å². The second-order valence-corrected chi connectivity index (χ2v) is 8.39. The maximum atomic E-state index is 2.46. The molecule has 6 rings (SSSR count). The summed E-state index contributed by atoms with van der Waals surface area (Å²) >= 11 is 0. The second kappa shape index (κ2) is 7.25. The minimum absolute atomic E-state index is 0.309. The zero-order valence-corrected chi connectivity index (χ0v) is 17.5. The lowest BCUT2D eigenvalue weighted by Gasteiger charge is -2.37. The van der Waals surface area contributed by atoms with Crippen molar-refractivity contribution >= 4 is 0 Å². The molecule has 0 bridgehead atoms. The zero-order valence-electron chi connectivity index (χ0n) is 17.5. The Morgan fingerprint density at radius 3 is 2.00 bits per heavy atom. The Hall–Kier alpha value is -3.64. The summed E-state index contributed by atoms with van der Waals surface area (Å²) in [5.74, 6) is 0. The molecule has 2 aliphatic rings. The van der Waals surface area contributed by atoms with Crippen molar-refractivity contribution in [1.29, 1.82) is 0 Å². The van der Waals surface area contributed by atoms with Gasteiger partial charge in [-0.25, -0.2) is 0 Å². The Labute approximate surface area is 184 Å². The van der Waals surface area contributed by atoms with E-state index in [0.717, 1.165) is 12.8 Å². The van der Waals surface area contributed by atoms with E-state index < -0.39 is 0 Å². The lowest BCUT2D eigenvalue weighted by Crippen LogP contribution is -2.30. The first-order valence-electron chi connectivity index (χ1n) is 11.1. The first kappa shape index (κ1) is 18.2. The molecule has 0 nitrogen and oxygen atoms in total. The minimum Gasteiger partial charge on any atom is -0.0839 e. The van der Waals surface area contributed by atoms with Crippen LogP contribution in [0.15, 0.2) is 127 Å². The van der Waals surface area contributed by atoms with Crippen LogP contribution >= 0.6 is 0 Å². The molecule has 148 valence electrons. The molecule has 0 N–H and O–H groups in total. The molecule has 0 fully saturated rings. The molecule has 2 aliphatic carbocycles. The van der Waals surface area contributed by atoms with Gasteiger partial charge in [0.25, 0.3) is 0 Å². The summed E-state index contributed by atoms with van der Waals surface area (Å²) in [7, 11) is 0. The van der Waals surface area contributed by atoms with Crippen LogP contribution in [0.1, 0.15) is 29.5 Å². The van der Waals surface area contributed by atoms with Gasteiger partial charge in [0.05, 0.1) is 5.41 Å². The summed E-state index contributed by atoms with van der Waals surface area (Å²) in [5, 5.41) is 0. The smallest absolute Gasteiger partial charge is 0.0716 e. The molecule has 0 saturated heterocycles. The summed E-state index contributed by atoms with van der Waals surface area (Å²) in [6.45, 7) is 0. The first-order chi connectivity index (χ1) is 15.4. The van der Waals surface area contributed by atoms with Crippen LogP contribution in [0.2, 0.25) is 0 Å². The highest BCUT2D eigenvalue weighted by Gasteiger charge is 2.48. The highest BCUT2D eigenvalue weighted by molar-refractivity contribution is 5.92. The molecule has 0 radical (unpaired) electrons. The maximum absolute atomic E-state index is 2.46. The fourth-order valence-electron chi connectivity index (χ4n) is 5.56. The summed E-state index contributed by atoms with van der Waals surface area (Å²) < 4.78 is 0. The van der Waals surface area contributed by atoms with Gasteiger partial charge in [0.1, 0.15) is 0 Å². The van der Waals surface area contributed by atoms with Gasteiger partial charge >= 0.3 is 0 Å². The van der Waals surface area contributed by atoms with Gasteiger partial charge in [0, 0.05) is 0 Å². The van der Waals surface area contributed by atoms with Gasteiger partial charge in [-0.3, -0.25) is 0 Å². The van der Waals surface area contributed by atoms with E-state index in [1.54, 1.807) is 0 Å². The van der Waals surface area contributed by atoms with E-state index >= 15 is 0 Å². The Morgan fingerprint density at radius 2 is 1.23 bits per heavy atom. The van der Waals surface area contributed by atoms with Crippen molar-refractivity contribution in [2.45, 2.75) is 18.3 Å². The van der Waals surface area contributed by atoms with Crippen LogP contribution in [0, 0.1) is 0 Å². The standard InChI is InChI=1S/C31H24/c1-4-13-23(14-5-1)26-20-12-21-28-27-19-10-11-22-29(27)31(30(26)28,24-15-6-2-7-16-24)25-17-8-3-9-18-25/h1-2,4-8,10-22H,3,9H2. The van der Waals surface area contributed by atoms with Crippen LogP contribution in [-0.4, -0.2) is 0 Å². The molecule has 1 unspecified atom stereocenters. The van der Waals surface area contributed by atoms with Crippen LogP contribution in [0.4, 0.5) is 0 Å². The van der Waals surface area contributed by atoms with Crippen molar-refractivity contribution in [3.8, 4) is 22.3 Å². The van der Waals surface area contributed by atoms with Crippen molar-refractivity contribution in [3.05, 3.63) is 144 Å². The fourth-order valence-corrected chi connectivity index (χ4v) is 5.56. The number of benzene rings is 4. The summed E-state index contributed by atoms with van der Waals surface area (Å²) in [6, 6.07) is 37.7. The molecule has 0 heteroatoms. The largest absolute Gasteiger partial charge is 0.0839 e. The third kappa shape index (κ3) is 2.61. The molecule has 4 aromatic rings. The van der Waals surface area contributed by atoms with Gasteiger partial charge < -0.3 is 0 Å². The number of hydrogen-bond donors (Lipinski definition) is 0. The van der Waals surface area contributed by atoms with Crippen LogP contribution < -0.4 is 0 Å². The predicted molar refractivity (Wildman–Crippen MR) is 130 cm³/mol. The first-order valence-corrected chi connectivity index (χ1v) is 11.1. The highest BCUT2D eigenvalue weighted by atomic mass is 14.5. The van der Waals surface area contributed by atoms with Gasteiger partial charge in [0.15, 0.2) is 0 Å². The highest BCUT2D eigenvalue weighted by Crippen LogP contribution is 2.59.